The number of aromatic amines is 1. The third-order valence-corrected chi connectivity index (χ3v) is 6.10. The average Bonchev–Trinajstić information content (AvgIpc) is 2.82. The molecular weight excluding hydrogens is 318 g/mol. The van der Waals surface area contributed by atoms with Crippen molar-refractivity contribution in [2.75, 3.05) is 5.33 Å². The lowest BCUT2D eigenvalue weighted by atomic mass is 9.78. The van der Waals surface area contributed by atoms with Gasteiger partial charge in [0.2, 0.25) is 10.0 Å². The first-order valence-corrected chi connectivity index (χ1v) is 8.67. The first-order chi connectivity index (χ1) is 8.47. The van der Waals surface area contributed by atoms with E-state index < -0.39 is 10.0 Å². The van der Waals surface area contributed by atoms with Crippen molar-refractivity contribution in [2.24, 2.45) is 5.92 Å². The topological polar surface area (TPSA) is 74.8 Å². The molecule has 0 spiro atoms. The van der Waals surface area contributed by atoms with Crippen molar-refractivity contribution in [1.82, 2.24) is 14.9 Å². The average molecular weight is 336 g/mol. The number of sulfonamides is 1. The molecule has 1 heterocycles. The van der Waals surface area contributed by atoms with Gasteiger partial charge in [-0.3, -0.25) is 5.10 Å². The van der Waals surface area contributed by atoms with Gasteiger partial charge >= 0.3 is 0 Å². The number of aromatic nitrogens is 2. The highest BCUT2D eigenvalue weighted by Gasteiger charge is 2.38. The van der Waals surface area contributed by atoms with Gasteiger partial charge < -0.3 is 0 Å². The van der Waals surface area contributed by atoms with Crippen LogP contribution in [-0.4, -0.2) is 29.5 Å². The van der Waals surface area contributed by atoms with Gasteiger partial charge in [-0.25, -0.2) is 13.1 Å². The van der Waals surface area contributed by atoms with Crippen LogP contribution in [0.4, 0.5) is 0 Å². The number of H-pyrrole nitrogens is 1. The van der Waals surface area contributed by atoms with E-state index in [1.54, 1.807) is 0 Å². The summed E-state index contributed by atoms with van der Waals surface area (Å²) in [4.78, 5) is 0.195. The molecule has 2 atom stereocenters. The second kappa shape index (κ2) is 5.30. The zero-order chi connectivity index (χ0) is 13.2. The normalized spacial score (nSPS) is 29.3. The minimum atomic E-state index is -3.48. The predicted octanol–water partition coefficient (Wildman–Crippen LogP) is 2.03. The quantitative estimate of drug-likeness (QED) is 0.826. The van der Waals surface area contributed by atoms with Crippen molar-refractivity contribution in [3.63, 3.8) is 0 Å². The molecule has 2 rings (SSSR count). The highest BCUT2D eigenvalue weighted by Crippen LogP contribution is 2.34. The number of nitrogens with zero attached hydrogens (tertiary/aromatic N) is 1. The van der Waals surface area contributed by atoms with Crippen LogP contribution in [0.5, 0.6) is 0 Å². The van der Waals surface area contributed by atoms with Crippen molar-refractivity contribution in [3.8, 4) is 0 Å². The fourth-order valence-corrected chi connectivity index (χ4v) is 4.81. The van der Waals surface area contributed by atoms with Crippen LogP contribution in [0.25, 0.3) is 0 Å². The van der Waals surface area contributed by atoms with Crippen LogP contribution in [0.3, 0.4) is 0 Å². The molecule has 0 radical (unpaired) electrons. The number of halogens is 1. The summed E-state index contributed by atoms with van der Waals surface area (Å²) in [5, 5.41) is 6.86. The largest absolute Gasteiger partial charge is 0.284 e. The lowest BCUT2D eigenvalue weighted by molar-refractivity contribution is 0.241. The molecule has 1 saturated carbocycles. The van der Waals surface area contributed by atoms with Gasteiger partial charge in [-0.15, -0.1) is 0 Å². The maximum absolute atomic E-state index is 12.2. The molecule has 5 nitrogen and oxygen atoms in total. The van der Waals surface area contributed by atoms with Gasteiger partial charge in [0.05, 0.1) is 6.20 Å². The Morgan fingerprint density at radius 2 is 2.44 bits per heavy atom. The van der Waals surface area contributed by atoms with Crippen LogP contribution in [0.15, 0.2) is 17.3 Å². The van der Waals surface area contributed by atoms with Crippen molar-refractivity contribution in [1.29, 1.82) is 0 Å². The smallest absolute Gasteiger partial charge is 0.244 e. The Labute approximate surface area is 116 Å². The van der Waals surface area contributed by atoms with Gasteiger partial charge in [0, 0.05) is 17.1 Å². The van der Waals surface area contributed by atoms with Crippen LogP contribution >= 0.6 is 15.9 Å². The van der Waals surface area contributed by atoms with Gasteiger partial charge in [-0.1, -0.05) is 35.7 Å². The first-order valence-electron chi connectivity index (χ1n) is 6.06. The highest BCUT2D eigenvalue weighted by atomic mass is 79.9. The summed E-state index contributed by atoms with van der Waals surface area (Å²) in [6, 6.07) is 0. The summed E-state index contributed by atoms with van der Waals surface area (Å²) in [6.07, 6.45) is 6.70. The molecule has 102 valence electrons. The molecule has 0 amide bonds. The molecule has 2 unspecified atom stereocenters. The SMILES string of the molecule is CC1CCCC(CBr)(NS(=O)(=O)c2cn[nH]c2)C1. The van der Waals surface area contributed by atoms with Crippen LogP contribution in [0, 0.1) is 5.92 Å². The number of rotatable bonds is 4. The van der Waals surface area contributed by atoms with Gasteiger partial charge in [-0.2, -0.15) is 5.10 Å². The maximum atomic E-state index is 12.2. The zero-order valence-electron chi connectivity index (χ0n) is 10.3. The molecule has 7 heteroatoms. The second-order valence-electron chi connectivity index (χ2n) is 5.15. The third kappa shape index (κ3) is 2.95. The molecular formula is C11H18BrN3O2S. The van der Waals surface area contributed by atoms with E-state index in [0.717, 1.165) is 19.3 Å². The van der Waals surface area contributed by atoms with Crippen LogP contribution < -0.4 is 4.72 Å². The van der Waals surface area contributed by atoms with Crippen LogP contribution in [-0.2, 0) is 10.0 Å². The molecule has 0 saturated heterocycles. The molecule has 1 aromatic heterocycles. The van der Waals surface area contributed by atoms with E-state index in [0.29, 0.717) is 11.2 Å². The molecule has 0 aliphatic heterocycles. The van der Waals surface area contributed by atoms with Crippen LogP contribution in [0.2, 0.25) is 0 Å². The zero-order valence-corrected chi connectivity index (χ0v) is 12.7. The first kappa shape index (κ1) is 14.0. The van der Waals surface area contributed by atoms with Crippen LogP contribution in [0.1, 0.15) is 32.6 Å². The Morgan fingerprint density at radius 3 is 3.00 bits per heavy atom. The van der Waals surface area contributed by atoms with E-state index in [2.05, 4.69) is 37.8 Å². The molecule has 1 aliphatic rings. The second-order valence-corrected chi connectivity index (χ2v) is 7.40. The standard InChI is InChI=1S/C11H18BrN3O2S/c1-9-3-2-4-11(5-9,8-12)15-18(16,17)10-6-13-14-7-10/h6-7,9,15H,2-5,8H2,1H3,(H,13,14). The van der Waals surface area contributed by atoms with E-state index >= 15 is 0 Å². The minimum Gasteiger partial charge on any atom is -0.284 e. The Bertz CT molecular complexity index is 488. The van der Waals surface area contributed by atoms with E-state index in [1.807, 2.05) is 0 Å². The van der Waals surface area contributed by atoms with Gasteiger partial charge in [0.25, 0.3) is 0 Å². The van der Waals surface area contributed by atoms with Gasteiger partial charge in [-0.05, 0) is 18.8 Å². The Morgan fingerprint density at radius 1 is 1.67 bits per heavy atom. The van der Waals surface area contributed by atoms with E-state index in [9.17, 15) is 8.42 Å². The molecule has 0 bridgehead atoms. The number of alkyl halides is 1. The molecule has 1 aliphatic carbocycles. The number of nitrogens with one attached hydrogen (secondary N) is 2. The lowest BCUT2D eigenvalue weighted by Crippen LogP contribution is -2.52. The van der Waals surface area contributed by atoms with Gasteiger partial charge in [0.1, 0.15) is 4.90 Å². The fraction of sp³-hybridized carbons (Fsp3) is 0.727. The molecule has 18 heavy (non-hydrogen) atoms. The molecule has 2 N–H and O–H groups in total. The lowest BCUT2D eigenvalue weighted by Gasteiger charge is -2.39. The molecule has 1 fully saturated rings. The number of hydrogen-bond donors (Lipinski definition) is 2. The van der Waals surface area contributed by atoms with Crippen molar-refractivity contribution >= 4 is 26.0 Å². The summed E-state index contributed by atoms with van der Waals surface area (Å²) in [5.74, 6) is 0.545. The van der Waals surface area contributed by atoms with E-state index in [4.69, 9.17) is 0 Å². The Hall–Kier alpha value is -0.400. The maximum Gasteiger partial charge on any atom is 0.244 e. The summed E-state index contributed by atoms with van der Waals surface area (Å²) >= 11 is 3.46. The van der Waals surface area contributed by atoms with Gasteiger partial charge in [0.15, 0.2) is 0 Å². The summed E-state index contributed by atoms with van der Waals surface area (Å²) in [6.45, 7) is 2.17. The third-order valence-electron chi connectivity index (χ3n) is 3.48. The molecule has 1 aromatic rings. The fourth-order valence-electron chi connectivity index (χ4n) is 2.63. The summed E-state index contributed by atoms with van der Waals surface area (Å²) in [7, 11) is -3.48. The number of hydrogen-bond acceptors (Lipinski definition) is 3. The minimum absolute atomic E-state index is 0.195. The Balaban J connectivity index is 2.20. The van der Waals surface area contributed by atoms with E-state index in [1.165, 1.54) is 18.8 Å². The van der Waals surface area contributed by atoms with E-state index in [-0.39, 0.29) is 10.4 Å². The van der Waals surface area contributed by atoms with Crippen molar-refractivity contribution in [2.45, 2.75) is 43.0 Å². The predicted molar refractivity (Wildman–Crippen MR) is 73.1 cm³/mol. The Kier molecular flexibility index (Phi) is 4.13. The van der Waals surface area contributed by atoms with Crippen molar-refractivity contribution < 1.29 is 8.42 Å². The summed E-state index contributed by atoms with van der Waals surface area (Å²) in [5.41, 5.74) is -0.367. The summed E-state index contributed by atoms with van der Waals surface area (Å²) < 4.78 is 27.3. The highest BCUT2D eigenvalue weighted by molar-refractivity contribution is 9.09. The molecule has 0 aromatic carbocycles. The monoisotopic (exact) mass is 335 g/mol. The van der Waals surface area contributed by atoms with Crippen molar-refractivity contribution in [3.05, 3.63) is 12.4 Å².